The summed E-state index contributed by atoms with van der Waals surface area (Å²) in [5, 5.41) is 80.6. The van der Waals surface area contributed by atoms with Gasteiger partial charge >= 0.3 is 17.9 Å². The van der Waals surface area contributed by atoms with E-state index in [9.17, 15) is 48.5 Å². The second-order valence-corrected chi connectivity index (χ2v) is 15.9. The molecule has 0 fully saturated rings. The number of azo groups is 3. The number of hydrogen-bond donors (Lipinski definition) is 5. The third-order valence-corrected chi connectivity index (χ3v) is 10.7. The van der Waals surface area contributed by atoms with Gasteiger partial charge in [-0.15, -0.1) is 30.7 Å². The number of fused-ring (bicyclic) bond motifs is 3. The van der Waals surface area contributed by atoms with E-state index < -0.39 is 57.5 Å². The van der Waals surface area contributed by atoms with Crippen LogP contribution in [0.5, 0.6) is 17.4 Å². The molecule has 7 rings (SSSR count). The number of carbonyl (C=O) groups is 3. The van der Waals surface area contributed by atoms with Crippen LogP contribution >= 0.6 is 22.9 Å². The molecule has 0 saturated carbocycles. The van der Waals surface area contributed by atoms with Crippen molar-refractivity contribution in [1.29, 1.82) is 5.26 Å². The van der Waals surface area contributed by atoms with Crippen molar-refractivity contribution in [3.8, 4) is 34.7 Å². The van der Waals surface area contributed by atoms with Crippen molar-refractivity contribution in [3.05, 3.63) is 101 Å². The number of thiazole rings is 1. The van der Waals surface area contributed by atoms with Gasteiger partial charge in [-0.25, -0.2) is 37.9 Å². The van der Waals surface area contributed by atoms with Gasteiger partial charge < -0.3 is 29.9 Å². The Morgan fingerprint density at radius 2 is 1.50 bits per heavy atom. The van der Waals surface area contributed by atoms with E-state index in [1.165, 1.54) is 11.3 Å². The number of nitrogens with two attached hydrogens (primary N) is 1. The van der Waals surface area contributed by atoms with Gasteiger partial charge in [0.25, 0.3) is 0 Å². The van der Waals surface area contributed by atoms with Gasteiger partial charge in [-0.1, -0.05) is 47.2 Å². The number of hydrogen-bond acceptors (Lipinski definition) is 18. The van der Waals surface area contributed by atoms with Crippen LogP contribution in [0, 0.1) is 18.3 Å². The number of carboxylic acid groups (broad SMARTS) is 3. The zero-order chi connectivity index (χ0) is 45.9. The lowest BCUT2D eigenvalue weighted by molar-refractivity contribution is -0.140. The molecular weight excluding hydrogens is 898 g/mol. The number of carboxylic acids is 3. The molecule has 7 aromatic rings. The number of nitriles is 1. The third-order valence-electron chi connectivity index (χ3n) is 8.77. The Kier molecular flexibility index (Phi) is 12.3. The van der Waals surface area contributed by atoms with Crippen LogP contribution in [0.4, 0.5) is 32.9 Å². The summed E-state index contributed by atoms with van der Waals surface area (Å²) in [5.41, 5.74) is 0.666. The number of para-hydroxylation sites is 2. The highest BCUT2D eigenvalue weighted by Crippen LogP contribution is 2.45. The molecule has 0 aliphatic heterocycles. The molecule has 0 aliphatic carbocycles. The molecule has 0 saturated heterocycles. The first-order valence-corrected chi connectivity index (χ1v) is 20.6. The van der Waals surface area contributed by atoms with Crippen molar-refractivity contribution in [1.82, 2.24) is 14.4 Å². The van der Waals surface area contributed by atoms with Gasteiger partial charge in [0.15, 0.2) is 29.5 Å². The summed E-state index contributed by atoms with van der Waals surface area (Å²) in [4.78, 5) is 43.8. The molecule has 25 heteroatoms. The minimum Gasteiger partial charge on any atom is -0.493 e. The Hall–Kier alpha value is -8.24. The largest absolute Gasteiger partial charge is 0.493 e. The van der Waals surface area contributed by atoms with E-state index in [4.69, 9.17) is 26.2 Å². The molecule has 4 aromatic carbocycles. The van der Waals surface area contributed by atoms with Crippen molar-refractivity contribution in [2.75, 3.05) is 13.2 Å². The standard InChI is InChI=1S/C39H26ClN11O11S2/c1-18-23(15-41)35-43-25-7-2-3-8-28(25)51(35)37(56)33(18)48-46-26-13-30(62-17-32(54)55)27(14-29(26)61-16-31(52)53)47-50-39-44-34(19-5-4-6-20(40)11-19)36(63-39)49-45-24-10-9-21(64(42,59)60)12-22(24)38(57)58/h2-14,56H,16-17H2,1H3,(H,52,53)(H,54,55)(H,57,58)(H2,42,59,60). The molecular formula is C39H26ClN11O11S2. The van der Waals surface area contributed by atoms with E-state index in [-0.39, 0.29) is 66.8 Å². The van der Waals surface area contributed by atoms with E-state index in [0.29, 0.717) is 21.6 Å². The van der Waals surface area contributed by atoms with Crippen molar-refractivity contribution in [2.24, 2.45) is 35.8 Å². The smallest absolute Gasteiger partial charge is 0.341 e. The summed E-state index contributed by atoms with van der Waals surface area (Å²) in [5.74, 6) is -5.21. The normalized spacial score (nSPS) is 11.8. The minimum absolute atomic E-state index is 0.0617. The molecule has 3 heterocycles. The highest BCUT2D eigenvalue weighted by molar-refractivity contribution is 7.89. The van der Waals surface area contributed by atoms with Crippen molar-refractivity contribution in [3.63, 3.8) is 0 Å². The molecule has 6 N–H and O–H groups in total. The third kappa shape index (κ3) is 9.31. The van der Waals surface area contributed by atoms with E-state index in [1.54, 1.807) is 48.5 Å². The summed E-state index contributed by atoms with van der Waals surface area (Å²) in [6.45, 7) is -0.257. The maximum absolute atomic E-state index is 12.0. The topological polar surface area (TPSA) is 339 Å². The van der Waals surface area contributed by atoms with Gasteiger partial charge in [0, 0.05) is 28.3 Å². The van der Waals surface area contributed by atoms with Crippen LogP contribution in [-0.4, -0.2) is 74.3 Å². The number of sulfonamides is 1. The maximum atomic E-state index is 12.0. The Morgan fingerprint density at radius 1 is 0.844 bits per heavy atom. The minimum atomic E-state index is -4.25. The molecule has 3 aromatic heterocycles. The number of aromatic nitrogens is 3. The fourth-order valence-electron chi connectivity index (χ4n) is 5.91. The summed E-state index contributed by atoms with van der Waals surface area (Å²) < 4.78 is 36.1. The lowest BCUT2D eigenvalue weighted by Crippen LogP contribution is -2.13. The number of rotatable bonds is 15. The highest BCUT2D eigenvalue weighted by Gasteiger charge is 2.23. The number of halogens is 1. The molecule has 0 radical (unpaired) electrons. The van der Waals surface area contributed by atoms with E-state index >= 15 is 0 Å². The van der Waals surface area contributed by atoms with Crippen molar-refractivity contribution >= 4 is 100 Å². The number of benzene rings is 4. The molecule has 0 atom stereocenters. The molecule has 322 valence electrons. The predicted octanol–water partition coefficient (Wildman–Crippen LogP) is 8.67. The summed E-state index contributed by atoms with van der Waals surface area (Å²) in [6.07, 6.45) is 0. The zero-order valence-electron chi connectivity index (χ0n) is 32.3. The average Bonchev–Trinajstić information content (AvgIpc) is 3.85. The lowest BCUT2D eigenvalue weighted by Gasteiger charge is -2.12. The van der Waals surface area contributed by atoms with Crippen molar-refractivity contribution < 1.29 is 52.7 Å². The molecule has 0 bridgehead atoms. The number of nitrogens with zero attached hydrogens (tertiary/aromatic N) is 10. The molecule has 0 amide bonds. The molecule has 0 aliphatic rings. The Balaban J connectivity index is 1.32. The first kappa shape index (κ1) is 43.8. The zero-order valence-corrected chi connectivity index (χ0v) is 34.7. The maximum Gasteiger partial charge on any atom is 0.341 e. The monoisotopic (exact) mass is 923 g/mol. The van der Waals surface area contributed by atoms with Gasteiger partial charge in [-0.3, -0.25) is 4.40 Å². The Morgan fingerprint density at radius 3 is 2.12 bits per heavy atom. The number of pyridine rings is 1. The molecule has 0 spiro atoms. The second kappa shape index (κ2) is 18.0. The van der Waals surface area contributed by atoms with E-state index in [1.807, 2.05) is 0 Å². The second-order valence-electron chi connectivity index (χ2n) is 13.0. The van der Waals surface area contributed by atoms with Crippen LogP contribution in [0.25, 0.3) is 27.9 Å². The van der Waals surface area contributed by atoms with Crippen LogP contribution in [0.2, 0.25) is 5.02 Å². The number of aliphatic carboxylic acids is 2. The van der Waals surface area contributed by atoms with Crippen LogP contribution in [0.15, 0.2) is 114 Å². The molecule has 0 unspecified atom stereocenters. The summed E-state index contributed by atoms with van der Waals surface area (Å²) in [6, 6.07) is 20.6. The number of aromatic carboxylic acids is 1. The SMILES string of the molecule is Cc1c(N=Nc2cc(OCC(=O)O)c(N=Nc3nc(-c4cccc(Cl)c4)c(N=Nc4ccc(S(N)(=O)=O)cc4C(=O)O)s3)cc2OCC(=O)O)c(O)n2c(nc3ccccc32)c1C#N. The number of primary sulfonamides is 1. The Labute approximate surface area is 367 Å². The van der Waals surface area contributed by atoms with E-state index in [2.05, 4.69) is 46.7 Å². The quantitative estimate of drug-likeness (QED) is 0.0601. The number of ether oxygens (including phenoxy) is 2. The predicted molar refractivity (Wildman–Crippen MR) is 226 cm³/mol. The van der Waals surface area contributed by atoms with Gasteiger partial charge in [0.1, 0.15) is 45.9 Å². The molecule has 22 nitrogen and oxygen atoms in total. The lowest BCUT2D eigenvalue weighted by atomic mass is 10.1. The van der Waals surface area contributed by atoms with Gasteiger partial charge in [-0.2, -0.15) is 5.26 Å². The first-order valence-electron chi connectivity index (χ1n) is 17.8. The van der Waals surface area contributed by atoms with Gasteiger partial charge in [0.05, 0.1) is 21.5 Å². The number of imidazole rings is 1. The fourth-order valence-corrected chi connectivity index (χ4v) is 7.38. The van der Waals surface area contributed by atoms with Crippen LogP contribution in [0.3, 0.4) is 0 Å². The van der Waals surface area contributed by atoms with E-state index in [0.717, 1.165) is 41.7 Å². The van der Waals surface area contributed by atoms with Crippen LogP contribution < -0.4 is 14.6 Å². The van der Waals surface area contributed by atoms with Gasteiger partial charge in [-0.05, 0) is 49.4 Å². The van der Waals surface area contributed by atoms with Gasteiger partial charge in [0.2, 0.25) is 21.0 Å². The fraction of sp³-hybridized carbons (Fsp3) is 0.0769. The Bertz CT molecular complexity index is 3330. The molecule has 64 heavy (non-hydrogen) atoms. The first-order chi connectivity index (χ1) is 30.5. The van der Waals surface area contributed by atoms with Crippen LogP contribution in [-0.2, 0) is 19.6 Å². The summed E-state index contributed by atoms with van der Waals surface area (Å²) in [7, 11) is -4.25. The van der Waals surface area contributed by atoms with Crippen molar-refractivity contribution in [2.45, 2.75) is 11.8 Å². The average molecular weight is 924 g/mol. The highest BCUT2D eigenvalue weighted by atomic mass is 35.5. The summed E-state index contributed by atoms with van der Waals surface area (Å²) >= 11 is 7.06. The van der Waals surface area contributed by atoms with Crippen LogP contribution in [0.1, 0.15) is 21.5 Å². The number of aromatic hydroxyl groups is 1.